The third kappa shape index (κ3) is 3.20. The zero-order chi connectivity index (χ0) is 14.4. The summed E-state index contributed by atoms with van der Waals surface area (Å²) in [6.07, 6.45) is 2.62. The van der Waals surface area contributed by atoms with Gasteiger partial charge >= 0.3 is 5.97 Å². The van der Waals surface area contributed by atoms with Gasteiger partial charge in [-0.25, -0.2) is 4.79 Å². The molecule has 102 valence electrons. The average Bonchev–Trinajstić information content (AvgIpc) is 2.93. The summed E-state index contributed by atoms with van der Waals surface area (Å²) in [4.78, 5) is 16.0. The van der Waals surface area contributed by atoms with E-state index in [2.05, 4.69) is 4.99 Å². The molecule has 2 rings (SSSR count). The van der Waals surface area contributed by atoms with Crippen molar-refractivity contribution in [2.45, 2.75) is 6.92 Å². The first-order valence-electron chi connectivity index (χ1n) is 6.15. The van der Waals surface area contributed by atoms with Crippen LogP contribution in [0.3, 0.4) is 0 Å². The van der Waals surface area contributed by atoms with Crippen molar-refractivity contribution >= 4 is 24.1 Å². The minimum Gasteiger partial charge on any atom is -0.462 e. The van der Waals surface area contributed by atoms with Crippen LogP contribution in [-0.2, 0) is 4.74 Å². The van der Waals surface area contributed by atoms with Gasteiger partial charge < -0.3 is 14.6 Å². The molecule has 2 aromatic rings. The summed E-state index contributed by atoms with van der Waals surface area (Å²) in [5, 5.41) is 7.07. The fraction of sp³-hybridized carbons (Fsp3) is 0.133. The van der Waals surface area contributed by atoms with Gasteiger partial charge in [-0.2, -0.15) is 0 Å². The molecule has 5 heteroatoms. The number of rotatable bonds is 5. The van der Waals surface area contributed by atoms with E-state index in [-0.39, 0.29) is 0 Å². The van der Waals surface area contributed by atoms with E-state index in [4.69, 9.17) is 14.6 Å². The number of esters is 1. The number of hydrogen-bond acceptors (Lipinski definition) is 5. The highest BCUT2D eigenvalue weighted by Gasteiger charge is 2.10. The number of carbonyl (C=O) groups is 1. The maximum atomic E-state index is 11.8. The van der Waals surface area contributed by atoms with Crippen molar-refractivity contribution in [3.05, 3.63) is 53.5 Å². The topological polar surface area (TPSA) is 75.7 Å². The Labute approximate surface area is 116 Å². The molecular formula is C15H14N2O3. The van der Waals surface area contributed by atoms with E-state index < -0.39 is 5.97 Å². The molecule has 1 N–H and O–H groups in total. The van der Waals surface area contributed by atoms with E-state index in [1.165, 1.54) is 6.21 Å². The lowest BCUT2D eigenvalue weighted by Gasteiger charge is -2.04. The van der Waals surface area contributed by atoms with Crippen molar-refractivity contribution in [1.82, 2.24) is 0 Å². The third-order valence-corrected chi connectivity index (χ3v) is 2.52. The van der Waals surface area contributed by atoms with Gasteiger partial charge in [-0.1, -0.05) is 12.1 Å². The van der Waals surface area contributed by atoms with Crippen LogP contribution < -0.4 is 0 Å². The molecule has 0 aliphatic heterocycles. The van der Waals surface area contributed by atoms with E-state index in [9.17, 15) is 4.79 Å². The summed E-state index contributed by atoms with van der Waals surface area (Å²) in [5.41, 5.74) is 0.920. The lowest BCUT2D eigenvalue weighted by molar-refractivity contribution is 0.0527. The van der Waals surface area contributed by atoms with Crippen LogP contribution in [0.25, 0.3) is 0 Å². The number of ether oxygens (including phenoxy) is 1. The number of aliphatic imine (C=N–C) groups is 1. The molecule has 0 saturated heterocycles. The summed E-state index contributed by atoms with van der Waals surface area (Å²) in [6.45, 7) is 2.07. The maximum absolute atomic E-state index is 11.8. The van der Waals surface area contributed by atoms with Crippen LogP contribution in [0.4, 0.5) is 5.69 Å². The molecular weight excluding hydrogens is 256 g/mol. The molecule has 0 aliphatic rings. The van der Waals surface area contributed by atoms with Gasteiger partial charge in [0.15, 0.2) is 0 Å². The first kappa shape index (κ1) is 13.7. The van der Waals surface area contributed by atoms with Crippen LogP contribution in [0.5, 0.6) is 0 Å². The van der Waals surface area contributed by atoms with Crippen molar-refractivity contribution < 1.29 is 13.9 Å². The van der Waals surface area contributed by atoms with Crippen LogP contribution in [0.2, 0.25) is 0 Å². The third-order valence-electron chi connectivity index (χ3n) is 2.52. The van der Waals surface area contributed by atoms with E-state index in [1.54, 1.807) is 43.3 Å². The molecule has 1 aromatic carbocycles. The van der Waals surface area contributed by atoms with E-state index in [0.717, 1.165) is 6.21 Å². The molecule has 20 heavy (non-hydrogen) atoms. The predicted octanol–water partition coefficient (Wildman–Crippen LogP) is 3.20. The second kappa shape index (κ2) is 6.47. The molecule has 1 heterocycles. The Bertz CT molecular complexity index is 644. The van der Waals surface area contributed by atoms with Gasteiger partial charge in [0.05, 0.1) is 30.3 Å². The number of nitrogens with zero attached hydrogens (tertiary/aromatic N) is 1. The Morgan fingerprint density at radius 2 is 2.05 bits per heavy atom. The largest absolute Gasteiger partial charge is 0.462 e. The maximum Gasteiger partial charge on any atom is 0.340 e. The van der Waals surface area contributed by atoms with Gasteiger partial charge in [0.25, 0.3) is 0 Å². The monoisotopic (exact) mass is 270 g/mol. The standard InChI is InChI=1S/C15H14N2O3/c1-2-19-15(18)13-5-3-4-6-14(13)17-10-12-8-7-11(9-16)20-12/h3-10,16H,2H2,1H3. The summed E-state index contributed by atoms with van der Waals surface area (Å²) in [7, 11) is 0. The molecule has 0 spiro atoms. The van der Waals surface area contributed by atoms with E-state index in [1.807, 2.05) is 0 Å². The number of nitrogens with one attached hydrogen (secondary N) is 1. The van der Waals surface area contributed by atoms with Gasteiger partial charge in [0.1, 0.15) is 11.5 Å². The lowest BCUT2D eigenvalue weighted by Crippen LogP contribution is -2.04. The molecule has 0 saturated carbocycles. The zero-order valence-corrected chi connectivity index (χ0v) is 11.0. The molecule has 1 aromatic heterocycles. The number of furan rings is 1. The average molecular weight is 270 g/mol. The van der Waals surface area contributed by atoms with Gasteiger partial charge in [0.2, 0.25) is 0 Å². The second-order valence-corrected chi connectivity index (χ2v) is 3.88. The minimum absolute atomic E-state index is 0.317. The number of benzene rings is 1. The first-order valence-corrected chi connectivity index (χ1v) is 6.15. The van der Waals surface area contributed by atoms with Crippen molar-refractivity contribution in [2.24, 2.45) is 4.99 Å². The van der Waals surface area contributed by atoms with Crippen LogP contribution in [0.1, 0.15) is 28.8 Å². The SMILES string of the molecule is CCOC(=O)c1ccccc1N=Cc1ccc(C=N)o1. The number of hydrogen-bond donors (Lipinski definition) is 1. The van der Waals surface area contributed by atoms with Gasteiger partial charge in [0, 0.05) is 0 Å². The highest BCUT2D eigenvalue weighted by atomic mass is 16.5. The van der Waals surface area contributed by atoms with Gasteiger partial charge in [-0.05, 0) is 31.2 Å². The molecule has 0 aliphatic carbocycles. The summed E-state index contributed by atoms with van der Waals surface area (Å²) < 4.78 is 10.3. The van der Waals surface area contributed by atoms with Crippen molar-refractivity contribution in [2.75, 3.05) is 6.61 Å². The Morgan fingerprint density at radius 3 is 2.75 bits per heavy atom. The molecule has 0 unspecified atom stereocenters. The normalized spacial score (nSPS) is 10.7. The van der Waals surface area contributed by atoms with Gasteiger partial charge in [-0.3, -0.25) is 4.99 Å². The second-order valence-electron chi connectivity index (χ2n) is 3.88. The number of carbonyl (C=O) groups excluding carboxylic acids is 1. The molecule has 5 nitrogen and oxygen atoms in total. The van der Waals surface area contributed by atoms with Gasteiger partial charge in [-0.15, -0.1) is 0 Å². The summed E-state index contributed by atoms with van der Waals surface area (Å²) in [5.74, 6) is 0.562. The summed E-state index contributed by atoms with van der Waals surface area (Å²) in [6, 6.07) is 10.3. The minimum atomic E-state index is -0.403. The smallest absolute Gasteiger partial charge is 0.340 e. The van der Waals surface area contributed by atoms with Crippen LogP contribution >= 0.6 is 0 Å². The quantitative estimate of drug-likeness (QED) is 0.669. The Hall–Kier alpha value is -2.69. The van der Waals surface area contributed by atoms with Crippen molar-refractivity contribution in [3.8, 4) is 0 Å². The Kier molecular flexibility index (Phi) is 4.44. The molecule has 0 radical (unpaired) electrons. The molecule has 0 bridgehead atoms. The fourth-order valence-corrected chi connectivity index (χ4v) is 1.62. The van der Waals surface area contributed by atoms with Crippen LogP contribution in [0.15, 0.2) is 45.8 Å². The Morgan fingerprint density at radius 1 is 1.30 bits per heavy atom. The first-order chi connectivity index (χ1) is 9.74. The molecule has 0 amide bonds. The fourth-order valence-electron chi connectivity index (χ4n) is 1.62. The van der Waals surface area contributed by atoms with E-state index >= 15 is 0 Å². The lowest BCUT2D eigenvalue weighted by atomic mass is 10.2. The highest BCUT2D eigenvalue weighted by Crippen LogP contribution is 2.19. The molecule has 0 fully saturated rings. The highest BCUT2D eigenvalue weighted by molar-refractivity contribution is 5.96. The number of para-hydroxylation sites is 1. The summed E-state index contributed by atoms with van der Waals surface area (Å²) >= 11 is 0. The zero-order valence-electron chi connectivity index (χ0n) is 11.0. The van der Waals surface area contributed by atoms with Crippen LogP contribution in [0, 0.1) is 5.41 Å². The molecule has 0 atom stereocenters. The van der Waals surface area contributed by atoms with Crippen molar-refractivity contribution in [3.63, 3.8) is 0 Å². The van der Waals surface area contributed by atoms with Crippen molar-refractivity contribution in [1.29, 1.82) is 5.41 Å². The Balaban J connectivity index is 2.24. The predicted molar refractivity (Wildman–Crippen MR) is 76.2 cm³/mol. The van der Waals surface area contributed by atoms with E-state index in [0.29, 0.717) is 29.4 Å². The van der Waals surface area contributed by atoms with Crippen LogP contribution in [-0.4, -0.2) is 25.0 Å².